The fourth-order valence-electron chi connectivity index (χ4n) is 1.81. The standard InChI is InChI=1S/C16H24N2O2/c1-3-5-15(19)17-11-13-7-9-14(10-8-13)12-18-16(20)6-4-2/h7-10H,3-6,11-12H2,1-2H3,(H,17,19)(H,18,20). The zero-order valence-electron chi connectivity index (χ0n) is 12.4. The second-order valence-corrected chi connectivity index (χ2v) is 4.87. The monoisotopic (exact) mass is 276 g/mol. The van der Waals surface area contributed by atoms with Crippen LogP contribution in [-0.4, -0.2) is 11.8 Å². The molecular weight excluding hydrogens is 252 g/mol. The van der Waals surface area contributed by atoms with E-state index in [1.807, 2.05) is 38.1 Å². The number of carbonyl (C=O) groups excluding carboxylic acids is 2. The van der Waals surface area contributed by atoms with Crippen LogP contribution in [0.3, 0.4) is 0 Å². The third-order valence-corrected chi connectivity index (χ3v) is 2.96. The number of carbonyl (C=O) groups is 2. The zero-order valence-corrected chi connectivity index (χ0v) is 12.4. The Hall–Kier alpha value is -1.84. The van der Waals surface area contributed by atoms with Crippen LogP contribution in [0.5, 0.6) is 0 Å². The molecule has 4 nitrogen and oxygen atoms in total. The van der Waals surface area contributed by atoms with Crippen molar-refractivity contribution in [3.63, 3.8) is 0 Å². The molecule has 2 amide bonds. The van der Waals surface area contributed by atoms with E-state index >= 15 is 0 Å². The molecule has 20 heavy (non-hydrogen) atoms. The molecular formula is C16H24N2O2. The first-order valence-corrected chi connectivity index (χ1v) is 7.27. The van der Waals surface area contributed by atoms with Gasteiger partial charge < -0.3 is 10.6 Å². The first kappa shape index (κ1) is 16.2. The molecule has 0 radical (unpaired) electrons. The van der Waals surface area contributed by atoms with E-state index in [9.17, 15) is 9.59 Å². The summed E-state index contributed by atoms with van der Waals surface area (Å²) in [4.78, 5) is 22.7. The highest BCUT2D eigenvalue weighted by atomic mass is 16.2. The lowest BCUT2D eigenvalue weighted by Gasteiger charge is -2.07. The van der Waals surface area contributed by atoms with E-state index in [4.69, 9.17) is 0 Å². The van der Waals surface area contributed by atoms with Crippen molar-refractivity contribution in [1.29, 1.82) is 0 Å². The summed E-state index contributed by atoms with van der Waals surface area (Å²) in [6, 6.07) is 7.92. The van der Waals surface area contributed by atoms with Gasteiger partial charge in [-0.25, -0.2) is 0 Å². The van der Waals surface area contributed by atoms with Crippen molar-refractivity contribution in [2.45, 2.75) is 52.6 Å². The van der Waals surface area contributed by atoms with Crippen LogP contribution in [0.1, 0.15) is 50.7 Å². The number of nitrogens with one attached hydrogen (secondary N) is 2. The fourth-order valence-corrected chi connectivity index (χ4v) is 1.81. The SMILES string of the molecule is CCCC(=O)NCc1ccc(CNC(=O)CCC)cc1. The number of hydrogen-bond donors (Lipinski definition) is 2. The van der Waals surface area contributed by atoms with Gasteiger partial charge in [-0.2, -0.15) is 0 Å². The van der Waals surface area contributed by atoms with Crippen LogP contribution >= 0.6 is 0 Å². The minimum atomic E-state index is 0.0865. The van der Waals surface area contributed by atoms with Crippen molar-refractivity contribution in [3.05, 3.63) is 35.4 Å². The van der Waals surface area contributed by atoms with E-state index in [0.717, 1.165) is 24.0 Å². The highest BCUT2D eigenvalue weighted by Crippen LogP contribution is 2.04. The van der Waals surface area contributed by atoms with Crippen LogP contribution in [-0.2, 0) is 22.7 Å². The summed E-state index contributed by atoms with van der Waals surface area (Å²) in [5.41, 5.74) is 2.14. The Kier molecular flexibility index (Phi) is 7.40. The molecule has 0 aliphatic rings. The second-order valence-electron chi connectivity index (χ2n) is 4.87. The smallest absolute Gasteiger partial charge is 0.220 e. The van der Waals surface area contributed by atoms with Gasteiger partial charge in [-0.05, 0) is 24.0 Å². The average Bonchev–Trinajstić information content (AvgIpc) is 2.45. The molecule has 0 heterocycles. The molecule has 0 aliphatic heterocycles. The van der Waals surface area contributed by atoms with Gasteiger partial charge in [-0.15, -0.1) is 0 Å². The summed E-state index contributed by atoms with van der Waals surface area (Å²) in [5.74, 6) is 0.173. The Labute approximate surface area is 121 Å². The molecule has 0 saturated carbocycles. The van der Waals surface area contributed by atoms with Gasteiger partial charge in [0.25, 0.3) is 0 Å². The minimum absolute atomic E-state index is 0.0865. The van der Waals surface area contributed by atoms with Gasteiger partial charge in [0.15, 0.2) is 0 Å². The van der Waals surface area contributed by atoms with Crippen LogP contribution < -0.4 is 10.6 Å². The van der Waals surface area contributed by atoms with Crippen LogP contribution in [0.2, 0.25) is 0 Å². The molecule has 1 aromatic rings. The lowest BCUT2D eigenvalue weighted by atomic mass is 10.1. The molecule has 0 saturated heterocycles. The largest absolute Gasteiger partial charge is 0.352 e. The van der Waals surface area contributed by atoms with E-state index in [0.29, 0.717) is 25.9 Å². The van der Waals surface area contributed by atoms with Crippen LogP contribution in [0.4, 0.5) is 0 Å². The molecule has 0 unspecified atom stereocenters. The molecule has 0 aliphatic carbocycles. The van der Waals surface area contributed by atoms with Gasteiger partial charge >= 0.3 is 0 Å². The summed E-state index contributed by atoms with van der Waals surface area (Å²) >= 11 is 0. The predicted molar refractivity (Wildman–Crippen MR) is 80.0 cm³/mol. The Bertz CT molecular complexity index is 386. The van der Waals surface area contributed by atoms with Crippen molar-refractivity contribution in [2.75, 3.05) is 0 Å². The zero-order chi connectivity index (χ0) is 14.8. The van der Waals surface area contributed by atoms with Gasteiger partial charge in [0.05, 0.1) is 0 Å². The highest BCUT2D eigenvalue weighted by Gasteiger charge is 2.01. The van der Waals surface area contributed by atoms with Gasteiger partial charge in [-0.1, -0.05) is 38.1 Å². The van der Waals surface area contributed by atoms with Gasteiger partial charge in [0, 0.05) is 25.9 Å². The number of benzene rings is 1. The Morgan fingerprint density at radius 2 is 1.15 bits per heavy atom. The molecule has 1 rings (SSSR count). The van der Waals surface area contributed by atoms with E-state index < -0.39 is 0 Å². The van der Waals surface area contributed by atoms with E-state index in [1.165, 1.54) is 0 Å². The fraction of sp³-hybridized carbons (Fsp3) is 0.500. The summed E-state index contributed by atoms with van der Waals surface area (Å²) < 4.78 is 0. The van der Waals surface area contributed by atoms with Crippen LogP contribution in [0.25, 0.3) is 0 Å². The maximum atomic E-state index is 11.4. The number of hydrogen-bond acceptors (Lipinski definition) is 2. The molecule has 0 fully saturated rings. The summed E-state index contributed by atoms with van der Waals surface area (Å²) in [7, 11) is 0. The molecule has 4 heteroatoms. The topological polar surface area (TPSA) is 58.2 Å². The summed E-state index contributed by atoms with van der Waals surface area (Å²) in [6.45, 7) is 5.09. The van der Waals surface area contributed by atoms with Crippen LogP contribution in [0, 0.1) is 0 Å². The van der Waals surface area contributed by atoms with Crippen molar-refractivity contribution >= 4 is 11.8 Å². The number of amides is 2. The van der Waals surface area contributed by atoms with E-state index in [-0.39, 0.29) is 11.8 Å². The van der Waals surface area contributed by atoms with Crippen molar-refractivity contribution in [2.24, 2.45) is 0 Å². The molecule has 0 spiro atoms. The molecule has 1 aromatic carbocycles. The van der Waals surface area contributed by atoms with Crippen molar-refractivity contribution in [3.8, 4) is 0 Å². The van der Waals surface area contributed by atoms with Gasteiger partial charge in [0.2, 0.25) is 11.8 Å². The van der Waals surface area contributed by atoms with Gasteiger partial charge in [0.1, 0.15) is 0 Å². The molecule has 110 valence electrons. The molecule has 0 aromatic heterocycles. The predicted octanol–water partition coefficient (Wildman–Crippen LogP) is 2.52. The first-order valence-electron chi connectivity index (χ1n) is 7.27. The maximum Gasteiger partial charge on any atom is 0.220 e. The Morgan fingerprint density at radius 1 is 0.800 bits per heavy atom. The molecule has 0 atom stereocenters. The highest BCUT2D eigenvalue weighted by molar-refractivity contribution is 5.76. The Morgan fingerprint density at radius 3 is 1.45 bits per heavy atom. The third-order valence-electron chi connectivity index (χ3n) is 2.96. The lowest BCUT2D eigenvalue weighted by molar-refractivity contribution is -0.122. The maximum absolute atomic E-state index is 11.4. The van der Waals surface area contributed by atoms with Crippen molar-refractivity contribution < 1.29 is 9.59 Å². The Balaban J connectivity index is 2.36. The third kappa shape index (κ3) is 6.36. The normalized spacial score (nSPS) is 10.1. The lowest BCUT2D eigenvalue weighted by Crippen LogP contribution is -2.23. The summed E-state index contributed by atoms with van der Waals surface area (Å²) in [6.07, 6.45) is 2.87. The minimum Gasteiger partial charge on any atom is -0.352 e. The van der Waals surface area contributed by atoms with Crippen LogP contribution in [0.15, 0.2) is 24.3 Å². The van der Waals surface area contributed by atoms with Gasteiger partial charge in [-0.3, -0.25) is 9.59 Å². The second kappa shape index (κ2) is 9.13. The van der Waals surface area contributed by atoms with Crippen molar-refractivity contribution in [1.82, 2.24) is 10.6 Å². The van der Waals surface area contributed by atoms with E-state index in [1.54, 1.807) is 0 Å². The first-order chi connectivity index (χ1) is 9.65. The average molecular weight is 276 g/mol. The molecule has 0 bridgehead atoms. The quantitative estimate of drug-likeness (QED) is 0.766. The number of rotatable bonds is 8. The van der Waals surface area contributed by atoms with E-state index in [2.05, 4.69) is 10.6 Å². The molecule has 2 N–H and O–H groups in total. The summed E-state index contributed by atoms with van der Waals surface area (Å²) in [5, 5.41) is 5.76.